The summed E-state index contributed by atoms with van der Waals surface area (Å²) in [5.74, 6) is 1.51. The monoisotopic (exact) mass is 511 g/mol. The third kappa shape index (κ3) is 4.36. The highest BCUT2D eigenvalue weighted by Gasteiger charge is 2.32. The van der Waals surface area contributed by atoms with E-state index >= 15 is 0 Å². The third-order valence-corrected chi connectivity index (χ3v) is 8.06. The minimum Gasteiger partial charge on any atom is -0.454 e. The van der Waals surface area contributed by atoms with Gasteiger partial charge in [-0.25, -0.2) is 9.89 Å². The first-order valence-electron chi connectivity index (χ1n) is 11.8. The molecule has 0 aliphatic carbocycles. The number of carbonyl (C=O) groups excluding carboxylic acids is 1. The van der Waals surface area contributed by atoms with Crippen molar-refractivity contribution in [2.24, 2.45) is 4.99 Å². The lowest BCUT2D eigenvalue weighted by molar-refractivity contribution is 0.166. The maximum absolute atomic E-state index is 13.0. The van der Waals surface area contributed by atoms with Gasteiger partial charge in [0.15, 0.2) is 11.6 Å². The number of hydrogen-bond acceptors (Lipinski definition) is 8. The van der Waals surface area contributed by atoms with Gasteiger partial charge in [0.05, 0.1) is 11.6 Å². The van der Waals surface area contributed by atoms with Crippen molar-refractivity contribution in [2.45, 2.75) is 26.3 Å². The van der Waals surface area contributed by atoms with E-state index in [1.807, 2.05) is 32.0 Å². The summed E-state index contributed by atoms with van der Waals surface area (Å²) in [5.41, 5.74) is 14.9. The smallest absolute Gasteiger partial charge is 0.320 e. The highest BCUT2D eigenvalue weighted by atomic mass is 32.2. The summed E-state index contributed by atoms with van der Waals surface area (Å²) in [6.07, 6.45) is 0.629. The molecule has 0 spiro atoms. The summed E-state index contributed by atoms with van der Waals surface area (Å²) in [5, 5.41) is 7.14. The molecular formula is C24H29N7O4S. The Hall–Kier alpha value is -3.67. The number of rotatable bonds is 3. The van der Waals surface area contributed by atoms with Crippen LogP contribution in [0.15, 0.2) is 32.4 Å². The average molecular weight is 512 g/mol. The fraction of sp³-hybridized carbons (Fsp3) is 0.417. The number of aryl methyl sites for hydroxylation is 2. The van der Waals surface area contributed by atoms with Gasteiger partial charge in [0.25, 0.3) is 5.56 Å². The quantitative estimate of drug-likeness (QED) is 0.447. The molecule has 11 nitrogen and oxygen atoms in total. The number of nitrogens with zero attached hydrogens (tertiary/aromatic N) is 4. The highest BCUT2D eigenvalue weighted by molar-refractivity contribution is 7.85. The Bertz CT molecular complexity index is 1450. The van der Waals surface area contributed by atoms with E-state index in [-0.39, 0.29) is 29.1 Å². The number of hydrogen-bond donors (Lipinski definition) is 3. The van der Waals surface area contributed by atoms with Crippen molar-refractivity contribution in [3.8, 4) is 0 Å². The first-order chi connectivity index (χ1) is 17.2. The lowest BCUT2D eigenvalue weighted by atomic mass is 10.0. The molecule has 2 aliphatic rings. The van der Waals surface area contributed by atoms with Gasteiger partial charge in [0.1, 0.15) is 17.0 Å². The molecule has 1 atom stereocenters. The largest absolute Gasteiger partial charge is 0.454 e. The van der Waals surface area contributed by atoms with Crippen LogP contribution in [0.3, 0.4) is 0 Å². The van der Waals surface area contributed by atoms with Crippen molar-refractivity contribution in [1.82, 2.24) is 20.0 Å². The van der Waals surface area contributed by atoms with Crippen molar-refractivity contribution in [1.29, 1.82) is 0 Å². The van der Waals surface area contributed by atoms with Gasteiger partial charge in [0, 0.05) is 59.4 Å². The zero-order valence-corrected chi connectivity index (χ0v) is 21.1. The first kappa shape index (κ1) is 24.0. The summed E-state index contributed by atoms with van der Waals surface area (Å²) in [4.78, 5) is 33.8. The molecule has 5 rings (SSSR count). The van der Waals surface area contributed by atoms with Gasteiger partial charge >= 0.3 is 6.03 Å². The zero-order valence-electron chi connectivity index (χ0n) is 20.2. The molecule has 0 bridgehead atoms. The van der Waals surface area contributed by atoms with Crippen LogP contribution < -0.4 is 17.0 Å². The number of nitrogens with one attached hydrogen (secondary N) is 1. The molecule has 1 unspecified atom stereocenters. The Morgan fingerprint density at radius 2 is 1.94 bits per heavy atom. The summed E-state index contributed by atoms with van der Waals surface area (Å²) in [7, 11) is -0.856. The normalized spacial score (nSPS) is 19.4. The average Bonchev–Trinajstić information content (AvgIpc) is 3.45. The van der Waals surface area contributed by atoms with Crippen LogP contribution in [0, 0.1) is 13.8 Å². The van der Waals surface area contributed by atoms with E-state index in [9.17, 15) is 13.8 Å². The van der Waals surface area contributed by atoms with Gasteiger partial charge in [0.2, 0.25) is 0 Å². The molecule has 1 aromatic carbocycles. The standard InChI is InChI=1S/C24H29N7O4S/c1-13-3-4-17-16(11-13)14(2)21(35-17)20(18-19(25)23(32)29-28-22(18)26)27-15-5-6-31(12-15)24(33)30-7-9-36(34)10-8-30/h3-4,11,15H,5-10,12H2,1-2H3,(H,29,32)(H4,25,26,28). The van der Waals surface area contributed by atoms with Crippen LogP contribution in [0.1, 0.15) is 28.9 Å². The predicted octanol–water partition coefficient (Wildman–Crippen LogP) is 1.39. The van der Waals surface area contributed by atoms with Gasteiger partial charge in [-0.3, -0.25) is 14.0 Å². The van der Waals surface area contributed by atoms with Crippen LogP contribution in [0.25, 0.3) is 11.0 Å². The SMILES string of the molecule is Cc1ccc2oc(C(=NC3CCN(C(=O)N4CCS(=O)CC4)C3)c3c(N)n[nH]c(=O)c3N)c(C)c2c1. The van der Waals surface area contributed by atoms with E-state index in [1.165, 1.54) is 0 Å². The van der Waals surface area contributed by atoms with Crippen molar-refractivity contribution >= 4 is 45.0 Å². The van der Waals surface area contributed by atoms with Crippen LogP contribution in [-0.4, -0.2) is 79.7 Å². The Balaban J connectivity index is 1.53. The van der Waals surface area contributed by atoms with Gasteiger partial charge in [-0.2, -0.15) is 5.10 Å². The lowest BCUT2D eigenvalue weighted by Crippen LogP contribution is -2.48. The van der Waals surface area contributed by atoms with Gasteiger partial charge in [-0.1, -0.05) is 11.6 Å². The fourth-order valence-electron chi connectivity index (χ4n) is 4.76. The van der Waals surface area contributed by atoms with Crippen LogP contribution in [-0.2, 0) is 10.8 Å². The van der Waals surface area contributed by atoms with E-state index in [1.54, 1.807) is 9.80 Å². The van der Waals surface area contributed by atoms with Crippen molar-refractivity contribution in [3.63, 3.8) is 0 Å². The molecule has 2 amide bonds. The topological polar surface area (TPSA) is 164 Å². The molecule has 2 saturated heterocycles. The third-order valence-electron chi connectivity index (χ3n) is 6.79. The number of furan rings is 1. The van der Waals surface area contributed by atoms with Crippen molar-refractivity contribution in [3.05, 3.63) is 51.0 Å². The van der Waals surface area contributed by atoms with E-state index in [4.69, 9.17) is 20.9 Å². The molecule has 0 saturated carbocycles. The van der Waals surface area contributed by atoms with Crippen molar-refractivity contribution < 1.29 is 13.4 Å². The summed E-state index contributed by atoms with van der Waals surface area (Å²) >= 11 is 0. The second-order valence-corrected chi connectivity index (χ2v) is 11.0. The minimum absolute atomic E-state index is 0.0362. The maximum Gasteiger partial charge on any atom is 0.320 e. The molecule has 3 aromatic rings. The first-order valence-corrected chi connectivity index (χ1v) is 13.3. The number of nitrogen functional groups attached to an aromatic ring is 2. The van der Waals surface area contributed by atoms with E-state index in [0.717, 1.165) is 16.5 Å². The maximum atomic E-state index is 13.0. The van der Waals surface area contributed by atoms with E-state index in [0.29, 0.717) is 61.2 Å². The summed E-state index contributed by atoms with van der Waals surface area (Å²) < 4.78 is 17.9. The number of H-pyrrole nitrogens is 1. The van der Waals surface area contributed by atoms with Gasteiger partial charge in [-0.15, -0.1) is 0 Å². The molecule has 0 radical (unpaired) electrons. The number of aromatic nitrogens is 2. The molecule has 190 valence electrons. The number of fused-ring (bicyclic) bond motifs is 1. The predicted molar refractivity (Wildman–Crippen MR) is 140 cm³/mol. The molecular weight excluding hydrogens is 482 g/mol. The minimum atomic E-state index is -0.856. The molecule has 36 heavy (non-hydrogen) atoms. The Morgan fingerprint density at radius 1 is 1.19 bits per heavy atom. The Kier molecular flexibility index (Phi) is 6.29. The molecule has 12 heteroatoms. The molecule has 2 aliphatic heterocycles. The Labute approximate surface area is 210 Å². The van der Waals surface area contributed by atoms with Crippen molar-refractivity contribution in [2.75, 3.05) is 49.2 Å². The second-order valence-electron chi connectivity index (χ2n) is 9.27. The second kappa shape index (κ2) is 9.41. The number of amides is 2. The number of nitrogens with two attached hydrogens (primary N) is 2. The molecule has 2 aromatic heterocycles. The number of anilines is 2. The molecule has 2 fully saturated rings. The van der Waals surface area contributed by atoms with Gasteiger partial charge < -0.3 is 25.7 Å². The van der Waals surface area contributed by atoms with E-state index in [2.05, 4.69) is 10.2 Å². The van der Waals surface area contributed by atoms with Gasteiger partial charge in [-0.05, 0) is 32.4 Å². The summed E-state index contributed by atoms with van der Waals surface area (Å²) in [6.45, 7) is 5.84. The fourth-order valence-corrected chi connectivity index (χ4v) is 5.81. The summed E-state index contributed by atoms with van der Waals surface area (Å²) in [6, 6.07) is 5.55. The highest BCUT2D eigenvalue weighted by Crippen LogP contribution is 2.31. The lowest BCUT2D eigenvalue weighted by Gasteiger charge is -2.30. The van der Waals surface area contributed by atoms with Crippen LogP contribution >= 0.6 is 0 Å². The zero-order chi connectivity index (χ0) is 25.6. The molecule has 5 N–H and O–H groups in total. The number of aliphatic imine (C=N–C) groups is 1. The molecule has 4 heterocycles. The number of carbonyl (C=O) groups is 1. The number of urea groups is 1. The van der Waals surface area contributed by atoms with Crippen LogP contribution in [0.2, 0.25) is 0 Å². The van der Waals surface area contributed by atoms with E-state index < -0.39 is 16.4 Å². The van der Waals surface area contributed by atoms with Crippen LogP contribution in [0.4, 0.5) is 16.3 Å². The number of benzene rings is 1. The Morgan fingerprint density at radius 3 is 2.69 bits per heavy atom. The van der Waals surface area contributed by atoms with Crippen LogP contribution in [0.5, 0.6) is 0 Å². The number of aromatic amines is 1. The number of likely N-dealkylation sites (tertiary alicyclic amines) is 1.